The molecule has 4 heteroatoms. The Balaban J connectivity index is 2.05. The monoisotopic (exact) mass is 363 g/mol. The largest absolute Gasteiger partial charge is 0.416 e. The Morgan fingerprint density at radius 3 is 2.42 bits per heavy atom. The van der Waals surface area contributed by atoms with Gasteiger partial charge in [0.1, 0.15) is 0 Å². The Bertz CT molecular complexity index is 740. The molecule has 1 unspecified atom stereocenters. The third kappa shape index (κ3) is 3.56. The number of hydrogen-bond acceptors (Lipinski definition) is 0. The van der Waals surface area contributed by atoms with E-state index in [0.29, 0.717) is 5.92 Å². The highest BCUT2D eigenvalue weighted by atomic mass is 19.4. The van der Waals surface area contributed by atoms with Crippen LogP contribution in [0.3, 0.4) is 0 Å². The van der Waals surface area contributed by atoms with Gasteiger partial charge in [0.25, 0.3) is 0 Å². The molecular weight excluding hydrogens is 335 g/mol. The fourth-order valence-corrected chi connectivity index (χ4v) is 4.50. The van der Waals surface area contributed by atoms with Gasteiger partial charge in [-0.15, -0.1) is 0 Å². The molecule has 2 aromatic rings. The molecule has 1 aliphatic carbocycles. The van der Waals surface area contributed by atoms with E-state index in [1.807, 2.05) is 0 Å². The number of aryl methyl sites for hydroxylation is 2. The highest BCUT2D eigenvalue weighted by molar-refractivity contribution is 5.36. The molecule has 0 fully saturated rings. The van der Waals surface area contributed by atoms with Gasteiger partial charge in [-0.1, -0.05) is 32.4 Å². The standard InChI is InChI=1S/C22H28F3N/c1-4-7-20(17-10-12-19(13-11-17)22(23,24)25)26-15(3)14-18-9-6-8-16(5-2)21(18)26/h10-14,16,20H,4-9H2,1-3H3/t16?,20-/m1/s1. The minimum Gasteiger partial charge on any atom is -0.341 e. The van der Waals surface area contributed by atoms with Crippen molar-refractivity contribution in [3.05, 3.63) is 58.4 Å². The molecule has 0 amide bonds. The van der Waals surface area contributed by atoms with E-state index in [9.17, 15) is 13.2 Å². The molecule has 1 aromatic carbocycles. The molecule has 1 heterocycles. The molecule has 0 N–H and O–H groups in total. The number of fused-ring (bicyclic) bond motifs is 1. The van der Waals surface area contributed by atoms with Crippen molar-refractivity contribution in [2.24, 2.45) is 0 Å². The van der Waals surface area contributed by atoms with Crippen molar-refractivity contribution < 1.29 is 13.2 Å². The number of rotatable bonds is 5. The van der Waals surface area contributed by atoms with Crippen molar-refractivity contribution in [2.75, 3.05) is 0 Å². The molecule has 1 aromatic heterocycles. The van der Waals surface area contributed by atoms with Gasteiger partial charge in [0.05, 0.1) is 11.6 Å². The van der Waals surface area contributed by atoms with E-state index in [2.05, 4.69) is 31.4 Å². The van der Waals surface area contributed by atoms with E-state index in [4.69, 9.17) is 0 Å². The number of aromatic nitrogens is 1. The average molecular weight is 363 g/mol. The first kappa shape index (κ1) is 19.1. The predicted octanol–water partition coefficient (Wildman–Crippen LogP) is 7.03. The number of halogens is 3. The smallest absolute Gasteiger partial charge is 0.341 e. The van der Waals surface area contributed by atoms with E-state index in [-0.39, 0.29) is 6.04 Å². The van der Waals surface area contributed by atoms with Gasteiger partial charge >= 0.3 is 6.18 Å². The number of nitrogens with zero attached hydrogens (tertiary/aromatic N) is 1. The van der Waals surface area contributed by atoms with Gasteiger partial charge in [0.15, 0.2) is 0 Å². The fourth-order valence-electron chi connectivity index (χ4n) is 4.50. The van der Waals surface area contributed by atoms with Gasteiger partial charge in [-0.05, 0) is 74.3 Å². The molecule has 2 atom stereocenters. The molecule has 0 saturated heterocycles. The molecule has 1 nitrogen and oxygen atoms in total. The number of benzene rings is 1. The van der Waals surface area contributed by atoms with Gasteiger partial charge in [0.2, 0.25) is 0 Å². The summed E-state index contributed by atoms with van der Waals surface area (Å²) in [5.74, 6) is 0.557. The van der Waals surface area contributed by atoms with Crippen molar-refractivity contribution in [3.8, 4) is 0 Å². The minimum atomic E-state index is -4.28. The highest BCUT2D eigenvalue weighted by Gasteiger charge is 2.31. The van der Waals surface area contributed by atoms with E-state index < -0.39 is 11.7 Å². The summed E-state index contributed by atoms with van der Waals surface area (Å²) in [6.07, 6.45) is 2.31. The Kier molecular flexibility index (Phi) is 5.50. The molecular formula is C22H28F3N. The van der Waals surface area contributed by atoms with Gasteiger partial charge in [-0.25, -0.2) is 0 Å². The van der Waals surface area contributed by atoms with E-state index in [1.54, 1.807) is 12.1 Å². The Hall–Kier alpha value is -1.71. The van der Waals surface area contributed by atoms with Crippen LogP contribution < -0.4 is 0 Å². The molecule has 0 radical (unpaired) electrons. The molecule has 0 aliphatic heterocycles. The number of hydrogen-bond donors (Lipinski definition) is 0. The number of alkyl halides is 3. The molecule has 142 valence electrons. The van der Waals surface area contributed by atoms with E-state index in [0.717, 1.165) is 31.2 Å². The second kappa shape index (κ2) is 7.50. The lowest BCUT2D eigenvalue weighted by Gasteiger charge is -2.30. The van der Waals surface area contributed by atoms with Crippen LogP contribution in [0.2, 0.25) is 0 Å². The summed E-state index contributed by atoms with van der Waals surface area (Å²) in [4.78, 5) is 0. The first-order valence-electron chi connectivity index (χ1n) is 9.74. The van der Waals surface area contributed by atoms with Crippen molar-refractivity contribution in [1.82, 2.24) is 4.57 Å². The van der Waals surface area contributed by atoms with Crippen LogP contribution in [-0.2, 0) is 12.6 Å². The summed E-state index contributed by atoms with van der Waals surface area (Å²) in [5, 5.41) is 0. The Morgan fingerprint density at radius 2 is 1.85 bits per heavy atom. The van der Waals surface area contributed by atoms with Gasteiger partial charge < -0.3 is 4.57 Å². The summed E-state index contributed by atoms with van der Waals surface area (Å²) < 4.78 is 41.2. The summed E-state index contributed by atoms with van der Waals surface area (Å²) >= 11 is 0. The van der Waals surface area contributed by atoms with Crippen LogP contribution in [0, 0.1) is 6.92 Å². The quantitative estimate of drug-likeness (QED) is 0.537. The van der Waals surface area contributed by atoms with Crippen LogP contribution in [0.1, 0.15) is 86.0 Å². The van der Waals surface area contributed by atoms with Gasteiger partial charge in [-0.2, -0.15) is 13.2 Å². The first-order chi connectivity index (χ1) is 12.4. The topological polar surface area (TPSA) is 4.93 Å². The van der Waals surface area contributed by atoms with Crippen LogP contribution in [0.15, 0.2) is 30.3 Å². The lowest BCUT2D eigenvalue weighted by atomic mass is 9.85. The van der Waals surface area contributed by atoms with Crippen LogP contribution in [0.4, 0.5) is 13.2 Å². The van der Waals surface area contributed by atoms with Crippen molar-refractivity contribution >= 4 is 0 Å². The minimum absolute atomic E-state index is 0.109. The van der Waals surface area contributed by atoms with Crippen molar-refractivity contribution in [2.45, 2.75) is 77.4 Å². The third-order valence-electron chi connectivity index (χ3n) is 5.73. The molecule has 3 rings (SSSR count). The summed E-state index contributed by atoms with van der Waals surface area (Å²) in [5.41, 5.74) is 4.49. The lowest BCUT2D eigenvalue weighted by Crippen LogP contribution is -2.20. The van der Waals surface area contributed by atoms with Gasteiger partial charge in [0, 0.05) is 11.4 Å². The Labute approximate surface area is 154 Å². The maximum Gasteiger partial charge on any atom is 0.416 e. The zero-order valence-electron chi connectivity index (χ0n) is 15.9. The molecule has 0 saturated carbocycles. The molecule has 0 bridgehead atoms. The van der Waals surface area contributed by atoms with Crippen molar-refractivity contribution in [1.29, 1.82) is 0 Å². The predicted molar refractivity (Wildman–Crippen MR) is 99.6 cm³/mol. The SMILES string of the molecule is CCC[C@H](c1ccc(C(F)(F)F)cc1)n1c(C)cc2c1C(CC)CCC2. The fraction of sp³-hybridized carbons (Fsp3) is 0.545. The third-order valence-corrected chi connectivity index (χ3v) is 5.73. The van der Waals surface area contributed by atoms with Crippen molar-refractivity contribution in [3.63, 3.8) is 0 Å². The second-order valence-electron chi connectivity index (χ2n) is 7.49. The first-order valence-corrected chi connectivity index (χ1v) is 9.74. The normalized spacial score (nSPS) is 18.6. The van der Waals surface area contributed by atoms with Crippen LogP contribution in [0.5, 0.6) is 0 Å². The lowest BCUT2D eigenvalue weighted by molar-refractivity contribution is -0.137. The Morgan fingerprint density at radius 1 is 1.15 bits per heavy atom. The molecule has 0 spiro atoms. The summed E-state index contributed by atoms with van der Waals surface area (Å²) in [6.45, 7) is 6.51. The maximum absolute atomic E-state index is 12.9. The van der Waals surface area contributed by atoms with Gasteiger partial charge in [-0.3, -0.25) is 0 Å². The second-order valence-corrected chi connectivity index (χ2v) is 7.49. The summed E-state index contributed by atoms with van der Waals surface area (Å²) in [7, 11) is 0. The average Bonchev–Trinajstić information content (AvgIpc) is 2.95. The zero-order valence-corrected chi connectivity index (χ0v) is 15.9. The highest BCUT2D eigenvalue weighted by Crippen LogP contribution is 2.40. The zero-order chi connectivity index (χ0) is 18.9. The van der Waals surface area contributed by atoms with E-state index in [1.165, 1.54) is 41.9 Å². The van der Waals surface area contributed by atoms with Crippen LogP contribution in [-0.4, -0.2) is 4.57 Å². The maximum atomic E-state index is 12.9. The summed E-state index contributed by atoms with van der Waals surface area (Å²) in [6, 6.07) is 8.18. The van der Waals surface area contributed by atoms with E-state index >= 15 is 0 Å². The molecule has 1 aliphatic rings. The van der Waals surface area contributed by atoms with Crippen LogP contribution >= 0.6 is 0 Å². The molecule has 26 heavy (non-hydrogen) atoms. The van der Waals surface area contributed by atoms with Crippen LogP contribution in [0.25, 0.3) is 0 Å².